The van der Waals surface area contributed by atoms with Gasteiger partial charge in [-0.1, -0.05) is 12.5 Å². The number of rotatable bonds is 1. The van der Waals surface area contributed by atoms with Crippen molar-refractivity contribution in [3.05, 3.63) is 23.8 Å². The normalized spacial score (nSPS) is 27.8. The second-order valence-corrected chi connectivity index (χ2v) is 4.95. The molecule has 0 spiro atoms. The molecule has 0 saturated carbocycles. The summed E-state index contributed by atoms with van der Waals surface area (Å²) in [4.78, 5) is 0. The van der Waals surface area contributed by atoms with Crippen molar-refractivity contribution < 1.29 is 9.47 Å². The molecule has 2 aliphatic rings. The lowest BCUT2D eigenvalue weighted by atomic mass is 9.94. The number of hydrogen-bond acceptors (Lipinski definition) is 3. The first-order valence-electron chi connectivity index (χ1n) is 6.48. The molecule has 0 bridgehead atoms. The van der Waals surface area contributed by atoms with Gasteiger partial charge in [0.15, 0.2) is 11.5 Å². The van der Waals surface area contributed by atoms with Crippen LogP contribution in [0.15, 0.2) is 18.2 Å². The molecular formula is C14H19NO2. The molecule has 0 aromatic heterocycles. The molecule has 2 unspecified atom stereocenters. The molecule has 3 nitrogen and oxygen atoms in total. The Morgan fingerprint density at radius 3 is 2.76 bits per heavy atom. The zero-order valence-corrected chi connectivity index (χ0v) is 10.2. The second kappa shape index (κ2) is 4.57. The third-order valence-corrected chi connectivity index (χ3v) is 3.58. The van der Waals surface area contributed by atoms with Gasteiger partial charge in [-0.15, -0.1) is 0 Å². The Balaban J connectivity index is 1.83. The van der Waals surface area contributed by atoms with E-state index < -0.39 is 0 Å². The zero-order valence-electron chi connectivity index (χ0n) is 10.2. The van der Waals surface area contributed by atoms with Crippen LogP contribution in [0.3, 0.4) is 0 Å². The van der Waals surface area contributed by atoms with Crippen LogP contribution in [0.2, 0.25) is 0 Å². The highest BCUT2D eigenvalue weighted by Crippen LogP contribution is 2.34. The fourth-order valence-electron chi connectivity index (χ4n) is 2.68. The van der Waals surface area contributed by atoms with Crippen molar-refractivity contribution in [1.29, 1.82) is 0 Å². The summed E-state index contributed by atoms with van der Waals surface area (Å²) in [6.07, 6.45) is 3.79. The summed E-state index contributed by atoms with van der Waals surface area (Å²) in [5.74, 6) is 1.78. The molecule has 3 rings (SSSR count). The predicted octanol–water partition coefficient (Wildman–Crippen LogP) is 2.66. The van der Waals surface area contributed by atoms with Crippen molar-refractivity contribution in [2.45, 2.75) is 38.3 Å². The molecule has 1 aromatic carbocycles. The molecule has 1 fully saturated rings. The van der Waals surface area contributed by atoms with E-state index in [4.69, 9.17) is 9.47 Å². The van der Waals surface area contributed by atoms with Gasteiger partial charge in [0, 0.05) is 12.1 Å². The maximum atomic E-state index is 5.63. The van der Waals surface area contributed by atoms with Crippen LogP contribution in [-0.2, 0) is 0 Å². The summed E-state index contributed by atoms with van der Waals surface area (Å²) in [5.41, 5.74) is 1.32. The van der Waals surface area contributed by atoms with Gasteiger partial charge in [0.1, 0.15) is 13.2 Å². The molecule has 1 N–H and O–H groups in total. The lowest BCUT2D eigenvalue weighted by Gasteiger charge is -2.30. The van der Waals surface area contributed by atoms with Crippen LogP contribution in [0.5, 0.6) is 11.5 Å². The van der Waals surface area contributed by atoms with Crippen LogP contribution in [0, 0.1) is 0 Å². The van der Waals surface area contributed by atoms with Gasteiger partial charge in [-0.3, -0.25) is 0 Å². The Kier molecular flexibility index (Phi) is 2.93. The molecule has 0 aliphatic carbocycles. The van der Waals surface area contributed by atoms with Crippen LogP contribution in [0.4, 0.5) is 0 Å². The molecular weight excluding hydrogens is 214 g/mol. The Bertz CT molecular complexity index is 405. The number of nitrogens with one attached hydrogen (secondary N) is 1. The van der Waals surface area contributed by atoms with Gasteiger partial charge < -0.3 is 14.8 Å². The Labute approximate surface area is 102 Å². The molecule has 2 heterocycles. The van der Waals surface area contributed by atoms with Gasteiger partial charge in [0.2, 0.25) is 0 Å². The molecule has 0 amide bonds. The Morgan fingerprint density at radius 2 is 1.94 bits per heavy atom. The summed E-state index contributed by atoms with van der Waals surface area (Å²) < 4.78 is 11.2. The van der Waals surface area contributed by atoms with Gasteiger partial charge in [0.05, 0.1) is 0 Å². The van der Waals surface area contributed by atoms with E-state index in [9.17, 15) is 0 Å². The topological polar surface area (TPSA) is 30.5 Å². The van der Waals surface area contributed by atoms with Crippen LogP contribution < -0.4 is 14.8 Å². The monoisotopic (exact) mass is 233 g/mol. The highest BCUT2D eigenvalue weighted by molar-refractivity contribution is 5.44. The van der Waals surface area contributed by atoms with Gasteiger partial charge in [0.25, 0.3) is 0 Å². The van der Waals surface area contributed by atoms with Crippen molar-refractivity contribution in [2.24, 2.45) is 0 Å². The average molecular weight is 233 g/mol. The number of benzene rings is 1. The molecule has 1 saturated heterocycles. The lowest BCUT2D eigenvalue weighted by molar-refractivity contribution is 0.171. The predicted molar refractivity (Wildman–Crippen MR) is 66.6 cm³/mol. The second-order valence-electron chi connectivity index (χ2n) is 4.95. The molecule has 2 atom stereocenters. The number of hydrogen-bond donors (Lipinski definition) is 1. The summed E-state index contributed by atoms with van der Waals surface area (Å²) in [6, 6.07) is 7.40. The third kappa shape index (κ3) is 2.25. The highest BCUT2D eigenvalue weighted by Gasteiger charge is 2.21. The SMILES string of the molecule is CC1CCCC(c2ccc3c(c2)OCCO3)N1. The van der Waals surface area contributed by atoms with Crippen molar-refractivity contribution >= 4 is 0 Å². The number of ether oxygens (including phenoxy) is 2. The summed E-state index contributed by atoms with van der Waals surface area (Å²) in [6.45, 7) is 3.57. The van der Waals surface area contributed by atoms with Crippen LogP contribution in [0.1, 0.15) is 37.8 Å². The first kappa shape index (κ1) is 10.9. The minimum Gasteiger partial charge on any atom is -0.486 e. The largest absolute Gasteiger partial charge is 0.486 e. The standard InChI is InChI=1S/C14H19NO2/c1-10-3-2-4-12(15-10)11-5-6-13-14(9-11)17-8-7-16-13/h5-6,9-10,12,15H,2-4,7-8H2,1H3. The maximum absolute atomic E-state index is 5.63. The van der Waals surface area contributed by atoms with Crippen LogP contribution in [0.25, 0.3) is 0 Å². The van der Waals surface area contributed by atoms with E-state index in [1.807, 2.05) is 6.07 Å². The first-order chi connectivity index (χ1) is 8.33. The zero-order chi connectivity index (χ0) is 11.7. The van der Waals surface area contributed by atoms with E-state index in [1.165, 1.54) is 24.8 Å². The molecule has 1 aromatic rings. The summed E-state index contributed by atoms with van der Waals surface area (Å²) in [5, 5.41) is 3.64. The fraction of sp³-hybridized carbons (Fsp3) is 0.571. The summed E-state index contributed by atoms with van der Waals surface area (Å²) in [7, 11) is 0. The van der Waals surface area contributed by atoms with Crippen molar-refractivity contribution in [3.63, 3.8) is 0 Å². The van der Waals surface area contributed by atoms with Crippen LogP contribution in [-0.4, -0.2) is 19.3 Å². The van der Waals surface area contributed by atoms with Crippen LogP contribution >= 0.6 is 0 Å². The van der Waals surface area contributed by atoms with E-state index in [0.717, 1.165) is 11.5 Å². The van der Waals surface area contributed by atoms with E-state index in [-0.39, 0.29) is 0 Å². The van der Waals surface area contributed by atoms with Gasteiger partial charge >= 0.3 is 0 Å². The molecule has 3 heteroatoms. The Hall–Kier alpha value is -1.22. The number of piperidine rings is 1. The lowest BCUT2D eigenvalue weighted by Crippen LogP contribution is -2.34. The Morgan fingerprint density at radius 1 is 1.12 bits per heavy atom. The first-order valence-corrected chi connectivity index (χ1v) is 6.48. The van der Waals surface area contributed by atoms with Gasteiger partial charge in [-0.05, 0) is 37.5 Å². The van der Waals surface area contributed by atoms with Gasteiger partial charge in [-0.2, -0.15) is 0 Å². The maximum Gasteiger partial charge on any atom is 0.161 e. The van der Waals surface area contributed by atoms with Crippen molar-refractivity contribution in [1.82, 2.24) is 5.32 Å². The quantitative estimate of drug-likeness (QED) is 0.809. The summed E-state index contributed by atoms with van der Waals surface area (Å²) >= 11 is 0. The number of fused-ring (bicyclic) bond motifs is 1. The molecule has 17 heavy (non-hydrogen) atoms. The van der Waals surface area contributed by atoms with E-state index in [0.29, 0.717) is 25.3 Å². The highest BCUT2D eigenvalue weighted by atomic mass is 16.6. The van der Waals surface area contributed by atoms with E-state index in [2.05, 4.69) is 24.4 Å². The van der Waals surface area contributed by atoms with E-state index in [1.54, 1.807) is 0 Å². The molecule has 92 valence electrons. The van der Waals surface area contributed by atoms with Crippen molar-refractivity contribution in [3.8, 4) is 11.5 Å². The molecule has 0 radical (unpaired) electrons. The van der Waals surface area contributed by atoms with Crippen molar-refractivity contribution in [2.75, 3.05) is 13.2 Å². The fourth-order valence-corrected chi connectivity index (χ4v) is 2.68. The smallest absolute Gasteiger partial charge is 0.161 e. The third-order valence-electron chi connectivity index (χ3n) is 3.58. The minimum absolute atomic E-state index is 0.467. The van der Waals surface area contributed by atoms with Gasteiger partial charge in [-0.25, -0.2) is 0 Å². The minimum atomic E-state index is 0.467. The molecule has 2 aliphatic heterocycles. The van der Waals surface area contributed by atoms with E-state index >= 15 is 0 Å². The average Bonchev–Trinajstić information content (AvgIpc) is 2.38.